The molecule has 2 rings (SSSR count). The molecule has 0 spiro atoms. The highest BCUT2D eigenvalue weighted by Crippen LogP contribution is 2.17. The van der Waals surface area contributed by atoms with Gasteiger partial charge in [0.25, 0.3) is 5.91 Å². The molecule has 0 saturated heterocycles. The van der Waals surface area contributed by atoms with Gasteiger partial charge in [-0.2, -0.15) is 0 Å². The molecule has 1 atom stereocenters. The Labute approximate surface area is 164 Å². The SMILES string of the molecule is C[C@H](OC(=O)CCNS(=O)(=O)c1ccc(Cl)cc1)C(=O)NC1CCCCC1. The van der Waals surface area contributed by atoms with Crippen molar-refractivity contribution in [3.05, 3.63) is 29.3 Å². The smallest absolute Gasteiger partial charge is 0.307 e. The summed E-state index contributed by atoms with van der Waals surface area (Å²) in [6, 6.07) is 5.83. The summed E-state index contributed by atoms with van der Waals surface area (Å²) in [7, 11) is -3.73. The standard InChI is InChI=1S/C18H25ClN2O5S/c1-13(18(23)21-15-5-3-2-4-6-15)26-17(22)11-12-20-27(24,25)16-9-7-14(19)8-10-16/h7-10,13,15,20H,2-6,11-12H2,1H3,(H,21,23)/t13-/m0/s1. The first-order chi connectivity index (χ1) is 12.8. The van der Waals surface area contributed by atoms with Crippen molar-refractivity contribution in [2.24, 2.45) is 0 Å². The van der Waals surface area contributed by atoms with E-state index in [0.717, 1.165) is 25.7 Å². The van der Waals surface area contributed by atoms with Gasteiger partial charge >= 0.3 is 5.97 Å². The van der Waals surface area contributed by atoms with E-state index >= 15 is 0 Å². The number of hydrogen-bond acceptors (Lipinski definition) is 5. The van der Waals surface area contributed by atoms with Gasteiger partial charge in [0.2, 0.25) is 10.0 Å². The maximum Gasteiger partial charge on any atom is 0.307 e. The average molecular weight is 417 g/mol. The van der Waals surface area contributed by atoms with Crippen molar-refractivity contribution in [1.82, 2.24) is 10.0 Å². The lowest BCUT2D eigenvalue weighted by Gasteiger charge is -2.24. The van der Waals surface area contributed by atoms with Crippen LogP contribution in [0, 0.1) is 0 Å². The molecule has 7 nitrogen and oxygen atoms in total. The van der Waals surface area contributed by atoms with Gasteiger partial charge in [0.1, 0.15) is 0 Å². The zero-order valence-corrected chi connectivity index (χ0v) is 16.8. The van der Waals surface area contributed by atoms with Gasteiger partial charge in [-0.1, -0.05) is 30.9 Å². The Morgan fingerprint density at radius 3 is 2.44 bits per heavy atom. The molecule has 1 amide bonds. The van der Waals surface area contributed by atoms with E-state index in [1.165, 1.54) is 37.6 Å². The molecule has 0 aromatic heterocycles. The molecule has 9 heteroatoms. The molecule has 1 aromatic carbocycles. The molecule has 150 valence electrons. The first-order valence-corrected chi connectivity index (χ1v) is 10.9. The zero-order chi connectivity index (χ0) is 19.9. The molecular weight excluding hydrogens is 392 g/mol. The fourth-order valence-electron chi connectivity index (χ4n) is 2.86. The van der Waals surface area contributed by atoms with E-state index in [9.17, 15) is 18.0 Å². The summed E-state index contributed by atoms with van der Waals surface area (Å²) in [5.74, 6) is -0.961. The quantitative estimate of drug-likeness (QED) is 0.633. The van der Waals surface area contributed by atoms with Gasteiger partial charge < -0.3 is 10.1 Å². The molecule has 1 aromatic rings. The first kappa shape index (κ1) is 21.7. The van der Waals surface area contributed by atoms with Crippen LogP contribution in [-0.4, -0.2) is 39.0 Å². The molecule has 2 N–H and O–H groups in total. The highest BCUT2D eigenvalue weighted by Gasteiger charge is 2.22. The molecule has 1 saturated carbocycles. The summed E-state index contributed by atoms with van der Waals surface area (Å²) in [4.78, 5) is 24.0. The van der Waals surface area contributed by atoms with Crippen LogP contribution in [0.2, 0.25) is 5.02 Å². The second-order valence-electron chi connectivity index (χ2n) is 6.58. The second-order valence-corrected chi connectivity index (χ2v) is 8.78. The number of sulfonamides is 1. The highest BCUT2D eigenvalue weighted by atomic mass is 35.5. The molecule has 0 aliphatic heterocycles. The van der Waals surface area contributed by atoms with Crippen molar-refractivity contribution in [3.8, 4) is 0 Å². The number of hydrogen-bond donors (Lipinski definition) is 2. The van der Waals surface area contributed by atoms with Gasteiger partial charge in [-0.3, -0.25) is 9.59 Å². The van der Waals surface area contributed by atoms with E-state index in [4.69, 9.17) is 16.3 Å². The Morgan fingerprint density at radius 2 is 1.81 bits per heavy atom. The molecule has 27 heavy (non-hydrogen) atoms. The van der Waals surface area contributed by atoms with Crippen LogP contribution in [0.1, 0.15) is 45.4 Å². The lowest BCUT2D eigenvalue weighted by molar-refractivity contribution is -0.155. The fraction of sp³-hybridized carbons (Fsp3) is 0.556. The normalized spacial score (nSPS) is 16.5. The van der Waals surface area contributed by atoms with Crippen molar-refractivity contribution in [3.63, 3.8) is 0 Å². The number of carbonyl (C=O) groups excluding carboxylic acids is 2. The van der Waals surface area contributed by atoms with Crippen molar-refractivity contribution >= 4 is 33.5 Å². The van der Waals surface area contributed by atoms with Gasteiger partial charge in [0.05, 0.1) is 11.3 Å². The summed E-state index contributed by atoms with van der Waals surface area (Å²) >= 11 is 5.73. The Kier molecular flexibility index (Phi) is 8.07. The maximum atomic E-state index is 12.1. The summed E-state index contributed by atoms with van der Waals surface area (Å²) in [6.45, 7) is 1.38. The third-order valence-corrected chi connectivity index (χ3v) is 6.10. The van der Waals surface area contributed by atoms with E-state index in [1.807, 2.05) is 0 Å². The van der Waals surface area contributed by atoms with E-state index in [2.05, 4.69) is 10.0 Å². The first-order valence-electron chi connectivity index (χ1n) is 9.03. The Morgan fingerprint density at radius 1 is 1.19 bits per heavy atom. The number of amides is 1. The van der Waals surface area contributed by atoms with Crippen LogP contribution in [0.5, 0.6) is 0 Å². The number of nitrogens with one attached hydrogen (secondary N) is 2. The number of halogens is 1. The van der Waals surface area contributed by atoms with Crippen LogP contribution in [0.25, 0.3) is 0 Å². The summed E-state index contributed by atoms with van der Waals surface area (Å²) < 4.78 is 31.6. The van der Waals surface area contributed by atoms with Crippen LogP contribution >= 0.6 is 11.6 Å². The van der Waals surface area contributed by atoms with Gasteiger partial charge in [-0.25, -0.2) is 13.1 Å². The van der Waals surface area contributed by atoms with E-state index in [-0.39, 0.29) is 29.8 Å². The van der Waals surface area contributed by atoms with Crippen molar-refractivity contribution in [1.29, 1.82) is 0 Å². The Hall–Kier alpha value is -1.64. The zero-order valence-electron chi connectivity index (χ0n) is 15.2. The molecule has 0 bridgehead atoms. The predicted molar refractivity (Wildman–Crippen MR) is 102 cm³/mol. The molecule has 1 aliphatic rings. The number of carbonyl (C=O) groups is 2. The average Bonchev–Trinajstić information content (AvgIpc) is 2.62. The van der Waals surface area contributed by atoms with Crippen LogP contribution < -0.4 is 10.0 Å². The Balaban J connectivity index is 1.73. The minimum absolute atomic E-state index is 0.0560. The lowest BCUT2D eigenvalue weighted by Crippen LogP contribution is -2.43. The molecule has 0 heterocycles. The number of esters is 1. The Bertz CT molecular complexity index is 746. The minimum Gasteiger partial charge on any atom is -0.453 e. The van der Waals surface area contributed by atoms with Crippen LogP contribution in [-0.2, 0) is 24.3 Å². The van der Waals surface area contributed by atoms with Gasteiger partial charge in [-0.05, 0) is 44.0 Å². The largest absolute Gasteiger partial charge is 0.453 e. The van der Waals surface area contributed by atoms with Gasteiger partial charge in [0.15, 0.2) is 6.10 Å². The van der Waals surface area contributed by atoms with Crippen molar-refractivity contribution < 1.29 is 22.7 Å². The molecule has 0 radical (unpaired) electrons. The van der Waals surface area contributed by atoms with Crippen molar-refractivity contribution in [2.45, 2.75) is 62.5 Å². The molecule has 1 aliphatic carbocycles. The number of benzene rings is 1. The predicted octanol–water partition coefficient (Wildman–Crippen LogP) is 2.39. The van der Waals surface area contributed by atoms with Crippen molar-refractivity contribution in [2.75, 3.05) is 6.54 Å². The maximum absolute atomic E-state index is 12.1. The van der Waals surface area contributed by atoms with Crippen LogP contribution in [0.15, 0.2) is 29.2 Å². The fourth-order valence-corrected chi connectivity index (χ4v) is 4.02. The third kappa shape index (κ3) is 7.12. The number of ether oxygens (including phenoxy) is 1. The minimum atomic E-state index is -3.73. The van der Waals surface area contributed by atoms with Gasteiger partial charge in [-0.15, -0.1) is 0 Å². The van der Waals surface area contributed by atoms with Crippen LogP contribution in [0.3, 0.4) is 0 Å². The lowest BCUT2D eigenvalue weighted by atomic mass is 9.95. The van der Waals surface area contributed by atoms with E-state index in [1.54, 1.807) is 0 Å². The monoisotopic (exact) mass is 416 g/mol. The number of rotatable bonds is 8. The second kappa shape index (κ2) is 10.1. The van der Waals surface area contributed by atoms with E-state index in [0.29, 0.717) is 5.02 Å². The molecule has 0 unspecified atom stereocenters. The van der Waals surface area contributed by atoms with E-state index < -0.39 is 22.1 Å². The molecular formula is C18H25ClN2O5S. The van der Waals surface area contributed by atoms with Gasteiger partial charge in [0, 0.05) is 17.6 Å². The van der Waals surface area contributed by atoms with Crippen LogP contribution in [0.4, 0.5) is 0 Å². The topological polar surface area (TPSA) is 102 Å². The summed E-state index contributed by atoms with van der Waals surface area (Å²) in [5.41, 5.74) is 0. The summed E-state index contributed by atoms with van der Waals surface area (Å²) in [5, 5.41) is 3.32. The molecule has 1 fully saturated rings. The highest BCUT2D eigenvalue weighted by molar-refractivity contribution is 7.89. The third-order valence-electron chi connectivity index (χ3n) is 4.37. The summed E-state index contributed by atoms with van der Waals surface area (Å²) in [6.07, 6.45) is 4.17.